The normalized spacial score (nSPS) is 10.5. The highest BCUT2D eigenvalue weighted by atomic mass is 16.3. The van der Waals surface area contributed by atoms with Crippen LogP contribution in [0.5, 0.6) is 5.75 Å². The molecule has 0 bridgehead atoms. The molecule has 0 atom stereocenters. The van der Waals surface area contributed by atoms with Gasteiger partial charge in [0, 0.05) is 17.3 Å². The Kier molecular flexibility index (Phi) is 3.32. The summed E-state index contributed by atoms with van der Waals surface area (Å²) in [7, 11) is 0. The Labute approximate surface area is 122 Å². The van der Waals surface area contributed by atoms with Crippen molar-refractivity contribution in [2.24, 2.45) is 0 Å². The Balaban J connectivity index is 1.95. The molecule has 0 aliphatic heterocycles. The first-order valence-corrected chi connectivity index (χ1v) is 6.74. The molecular weight excluding hydrogens is 262 g/mol. The lowest BCUT2D eigenvalue weighted by molar-refractivity contribution is 0.102. The Hall–Kier alpha value is -2.81. The summed E-state index contributed by atoms with van der Waals surface area (Å²) in [6, 6.07) is 18.5. The number of phenolic OH excluding ortho intramolecular Hbond substituents is 1. The summed E-state index contributed by atoms with van der Waals surface area (Å²) >= 11 is 0. The number of carbonyl (C=O) groups excluding carboxylic acids is 1. The second-order valence-electron chi connectivity index (χ2n) is 4.98. The fourth-order valence-corrected chi connectivity index (χ4v) is 2.31. The first-order valence-electron chi connectivity index (χ1n) is 6.74. The number of amides is 1. The lowest BCUT2D eigenvalue weighted by atomic mass is 10.0. The minimum Gasteiger partial charge on any atom is -0.508 e. The Morgan fingerprint density at radius 1 is 1.00 bits per heavy atom. The van der Waals surface area contributed by atoms with Crippen molar-refractivity contribution in [3.8, 4) is 5.75 Å². The third-order valence-corrected chi connectivity index (χ3v) is 3.50. The van der Waals surface area contributed by atoms with Gasteiger partial charge in [0.1, 0.15) is 5.75 Å². The summed E-state index contributed by atoms with van der Waals surface area (Å²) in [5.41, 5.74) is 1.97. The molecule has 0 spiro atoms. The number of fused-ring (bicyclic) bond motifs is 1. The van der Waals surface area contributed by atoms with Gasteiger partial charge in [-0.25, -0.2) is 0 Å². The van der Waals surface area contributed by atoms with Crippen LogP contribution in [-0.2, 0) is 0 Å². The maximum absolute atomic E-state index is 12.4. The van der Waals surface area contributed by atoms with Crippen molar-refractivity contribution in [3.05, 3.63) is 71.8 Å². The van der Waals surface area contributed by atoms with Gasteiger partial charge in [-0.05, 0) is 35.4 Å². The quantitative estimate of drug-likeness (QED) is 0.740. The highest BCUT2D eigenvalue weighted by Gasteiger charge is 2.10. The van der Waals surface area contributed by atoms with E-state index in [1.54, 1.807) is 24.3 Å². The highest BCUT2D eigenvalue weighted by Crippen LogP contribution is 2.23. The Morgan fingerprint density at radius 2 is 1.76 bits per heavy atom. The molecule has 0 saturated carbocycles. The summed E-state index contributed by atoms with van der Waals surface area (Å²) in [5, 5.41) is 14.5. The van der Waals surface area contributed by atoms with E-state index in [4.69, 9.17) is 0 Å². The van der Waals surface area contributed by atoms with E-state index in [1.165, 1.54) is 0 Å². The zero-order chi connectivity index (χ0) is 14.8. The summed E-state index contributed by atoms with van der Waals surface area (Å²) in [6.07, 6.45) is 0. The molecule has 0 fully saturated rings. The first kappa shape index (κ1) is 13.2. The molecule has 0 saturated heterocycles. The largest absolute Gasteiger partial charge is 0.508 e. The second-order valence-corrected chi connectivity index (χ2v) is 4.98. The Bertz CT molecular complexity index is 819. The molecule has 0 heterocycles. The smallest absolute Gasteiger partial charge is 0.256 e. The third-order valence-electron chi connectivity index (χ3n) is 3.50. The molecule has 3 aromatic rings. The summed E-state index contributed by atoms with van der Waals surface area (Å²) < 4.78 is 0. The molecule has 1 amide bonds. The number of carbonyl (C=O) groups is 1. The molecular formula is C18H15NO2. The molecule has 0 aliphatic rings. The van der Waals surface area contributed by atoms with E-state index in [-0.39, 0.29) is 11.7 Å². The number of benzene rings is 3. The summed E-state index contributed by atoms with van der Waals surface area (Å²) in [5.74, 6) is -0.0132. The summed E-state index contributed by atoms with van der Waals surface area (Å²) in [4.78, 5) is 12.4. The van der Waals surface area contributed by atoms with Crippen LogP contribution in [0.1, 0.15) is 15.9 Å². The lowest BCUT2D eigenvalue weighted by Gasteiger charge is -2.09. The zero-order valence-electron chi connectivity index (χ0n) is 11.6. The maximum Gasteiger partial charge on any atom is 0.256 e. The van der Waals surface area contributed by atoms with Crippen LogP contribution in [0.15, 0.2) is 60.7 Å². The molecule has 0 radical (unpaired) electrons. The van der Waals surface area contributed by atoms with Gasteiger partial charge in [0.25, 0.3) is 5.91 Å². The van der Waals surface area contributed by atoms with Gasteiger partial charge in [0.15, 0.2) is 0 Å². The van der Waals surface area contributed by atoms with Gasteiger partial charge in [0.05, 0.1) is 0 Å². The molecule has 0 aromatic heterocycles. The SMILES string of the molecule is Cc1ccc(NC(=O)c2cccc3ccccc23)cc1O. The standard InChI is InChI=1S/C18H15NO2/c1-12-9-10-14(11-17(12)20)19-18(21)16-8-4-6-13-5-2-3-7-15(13)16/h2-11,20H,1H3,(H,19,21). The van der Waals surface area contributed by atoms with E-state index in [2.05, 4.69) is 5.32 Å². The number of hydrogen-bond donors (Lipinski definition) is 2. The van der Waals surface area contributed by atoms with Crippen molar-refractivity contribution in [2.75, 3.05) is 5.32 Å². The predicted octanol–water partition coefficient (Wildman–Crippen LogP) is 4.11. The van der Waals surface area contributed by atoms with Gasteiger partial charge in [-0.3, -0.25) is 4.79 Å². The van der Waals surface area contributed by atoms with Crippen molar-refractivity contribution < 1.29 is 9.90 Å². The molecule has 3 rings (SSSR count). The topological polar surface area (TPSA) is 49.3 Å². The monoisotopic (exact) mass is 277 g/mol. The predicted molar refractivity (Wildman–Crippen MR) is 84.7 cm³/mol. The maximum atomic E-state index is 12.4. The van der Waals surface area contributed by atoms with Crippen LogP contribution in [0.4, 0.5) is 5.69 Å². The van der Waals surface area contributed by atoms with Crippen molar-refractivity contribution >= 4 is 22.4 Å². The molecule has 2 N–H and O–H groups in total. The fraction of sp³-hybridized carbons (Fsp3) is 0.0556. The van der Waals surface area contributed by atoms with Crippen molar-refractivity contribution in [1.29, 1.82) is 0 Å². The van der Waals surface area contributed by atoms with Gasteiger partial charge in [-0.1, -0.05) is 42.5 Å². The zero-order valence-corrected chi connectivity index (χ0v) is 11.6. The molecule has 3 aromatic carbocycles. The number of rotatable bonds is 2. The van der Waals surface area contributed by atoms with E-state index in [1.807, 2.05) is 43.3 Å². The molecule has 3 heteroatoms. The van der Waals surface area contributed by atoms with Gasteiger partial charge >= 0.3 is 0 Å². The van der Waals surface area contributed by atoms with Crippen molar-refractivity contribution in [1.82, 2.24) is 0 Å². The number of anilines is 1. The average Bonchev–Trinajstić information content (AvgIpc) is 2.50. The highest BCUT2D eigenvalue weighted by molar-refractivity contribution is 6.12. The van der Waals surface area contributed by atoms with Crippen LogP contribution >= 0.6 is 0 Å². The number of hydrogen-bond acceptors (Lipinski definition) is 2. The van der Waals surface area contributed by atoms with Crippen molar-refractivity contribution in [2.45, 2.75) is 6.92 Å². The van der Waals surface area contributed by atoms with Crippen LogP contribution in [-0.4, -0.2) is 11.0 Å². The molecule has 0 aliphatic carbocycles. The van der Waals surface area contributed by atoms with E-state index in [9.17, 15) is 9.90 Å². The van der Waals surface area contributed by atoms with Crippen LogP contribution in [0.25, 0.3) is 10.8 Å². The number of nitrogens with one attached hydrogen (secondary N) is 1. The van der Waals surface area contributed by atoms with Gasteiger partial charge in [-0.15, -0.1) is 0 Å². The fourth-order valence-electron chi connectivity index (χ4n) is 2.31. The number of aromatic hydroxyl groups is 1. The number of aryl methyl sites for hydroxylation is 1. The van der Waals surface area contributed by atoms with Crippen LogP contribution in [0.2, 0.25) is 0 Å². The van der Waals surface area contributed by atoms with E-state index < -0.39 is 0 Å². The van der Waals surface area contributed by atoms with E-state index in [0.29, 0.717) is 11.3 Å². The van der Waals surface area contributed by atoms with Crippen LogP contribution in [0, 0.1) is 6.92 Å². The van der Waals surface area contributed by atoms with Gasteiger partial charge in [-0.2, -0.15) is 0 Å². The number of phenols is 1. The molecule has 21 heavy (non-hydrogen) atoms. The van der Waals surface area contributed by atoms with Gasteiger partial charge in [0.2, 0.25) is 0 Å². The van der Waals surface area contributed by atoms with Crippen LogP contribution < -0.4 is 5.32 Å². The minimum absolute atomic E-state index is 0.172. The first-order chi connectivity index (χ1) is 10.1. The second kappa shape index (κ2) is 5.29. The average molecular weight is 277 g/mol. The Morgan fingerprint density at radius 3 is 2.57 bits per heavy atom. The van der Waals surface area contributed by atoms with Crippen LogP contribution in [0.3, 0.4) is 0 Å². The van der Waals surface area contributed by atoms with E-state index >= 15 is 0 Å². The summed E-state index contributed by atoms with van der Waals surface area (Å²) in [6.45, 7) is 1.81. The lowest BCUT2D eigenvalue weighted by Crippen LogP contribution is -2.12. The molecule has 104 valence electrons. The van der Waals surface area contributed by atoms with E-state index in [0.717, 1.165) is 16.3 Å². The molecule has 0 unspecified atom stereocenters. The van der Waals surface area contributed by atoms with Gasteiger partial charge < -0.3 is 10.4 Å². The third kappa shape index (κ3) is 2.58. The van der Waals surface area contributed by atoms with Crippen molar-refractivity contribution in [3.63, 3.8) is 0 Å². The minimum atomic E-state index is -0.185. The molecule has 3 nitrogen and oxygen atoms in total.